The predicted molar refractivity (Wildman–Crippen MR) is 67.4 cm³/mol. The molecular weight excluding hydrogens is 206 g/mol. The molecule has 1 rings (SSSR count). The van der Waals surface area contributed by atoms with E-state index in [4.69, 9.17) is 17.3 Å². The number of benzene rings is 1. The molecule has 0 saturated carbocycles. The molecule has 1 atom stereocenters. The van der Waals surface area contributed by atoms with E-state index in [0.29, 0.717) is 6.04 Å². The number of aryl methyl sites for hydroxylation is 2. The van der Waals surface area contributed by atoms with Crippen molar-refractivity contribution in [2.75, 3.05) is 0 Å². The van der Waals surface area contributed by atoms with Gasteiger partial charge in [0.05, 0.1) is 0 Å². The lowest BCUT2D eigenvalue weighted by molar-refractivity contribution is 0.561. The summed E-state index contributed by atoms with van der Waals surface area (Å²) in [5.74, 6) is 0. The third kappa shape index (κ3) is 4.23. The molecule has 2 N–H and O–H groups in total. The van der Waals surface area contributed by atoms with Crippen molar-refractivity contribution in [2.24, 2.45) is 5.73 Å². The second kappa shape index (κ2) is 6.14. The van der Waals surface area contributed by atoms with Gasteiger partial charge in [0.25, 0.3) is 0 Å². The first-order chi connectivity index (χ1) is 7.13. The van der Waals surface area contributed by atoms with Crippen molar-refractivity contribution >= 4 is 11.6 Å². The number of halogens is 1. The van der Waals surface area contributed by atoms with Gasteiger partial charge in [-0.05, 0) is 43.4 Å². The molecule has 84 valence electrons. The van der Waals surface area contributed by atoms with Crippen LogP contribution < -0.4 is 5.73 Å². The number of rotatable bonds is 5. The van der Waals surface area contributed by atoms with E-state index in [1.54, 1.807) is 0 Å². The molecule has 0 fully saturated rings. The van der Waals surface area contributed by atoms with Crippen LogP contribution in [0.15, 0.2) is 18.2 Å². The van der Waals surface area contributed by atoms with Gasteiger partial charge >= 0.3 is 0 Å². The van der Waals surface area contributed by atoms with Crippen molar-refractivity contribution in [3.8, 4) is 0 Å². The lowest BCUT2D eigenvalue weighted by Gasteiger charge is -2.10. The van der Waals surface area contributed by atoms with Gasteiger partial charge < -0.3 is 5.73 Å². The summed E-state index contributed by atoms with van der Waals surface area (Å²) in [4.78, 5) is 0. The van der Waals surface area contributed by atoms with E-state index in [9.17, 15) is 0 Å². The van der Waals surface area contributed by atoms with Gasteiger partial charge in [0.15, 0.2) is 0 Å². The summed E-state index contributed by atoms with van der Waals surface area (Å²) in [7, 11) is 0. The second-order valence-corrected chi connectivity index (χ2v) is 4.58. The molecule has 1 aromatic carbocycles. The first-order valence-corrected chi connectivity index (χ1v) is 6.02. The van der Waals surface area contributed by atoms with E-state index in [0.717, 1.165) is 29.8 Å². The minimum Gasteiger partial charge on any atom is -0.328 e. The molecule has 0 radical (unpaired) electrons. The number of hydrogen-bond donors (Lipinski definition) is 1. The third-order valence-electron chi connectivity index (χ3n) is 2.69. The van der Waals surface area contributed by atoms with E-state index < -0.39 is 0 Å². The molecule has 0 aliphatic carbocycles. The van der Waals surface area contributed by atoms with Crippen LogP contribution in [-0.2, 0) is 6.42 Å². The molecule has 15 heavy (non-hydrogen) atoms. The van der Waals surface area contributed by atoms with E-state index in [1.807, 2.05) is 13.0 Å². The van der Waals surface area contributed by atoms with E-state index in [2.05, 4.69) is 19.1 Å². The van der Waals surface area contributed by atoms with Gasteiger partial charge in [-0.15, -0.1) is 0 Å². The monoisotopic (exact) mass is 225 g/mol. The van der Waals surface area contributed by atoms with Crippen molar-refractivity contribution in [3.63, 3.8) is 0 Å². The Kier molecular flexibility index (Phi) is 5.13. The summed E-state index contributed by atoms with van der Waals surface area (Å²) in [6, 6.07) is 6.55. The molecule has 0 heterocycles. The quantitative estimate of drug-likeness (QED) is 0.813. The fourth-order valence-electron chi connectivity index (χ4n) is 1.73. The summed E-state index contributed by atoms with van der Waals surface area (Å²) in [5, 5.41) is 0.844. The van der Waals surface area contributed by atoms with Crippen LogP contribution in [0.3, 0.4) is 0 Å². The third-order valence-corrected chi connectivity index (χ3v) is 3.11. The minimum atomic E-state index is 0.339. The van der Waals surface area contributed by atoms with E-state index in [1.165, 1.54) is 12.0 Å². The normalized spacial score (nSPS) is 12.8. The van der Waals surface area contributed by atoms with Crippen LogP contribution in [-0.4, -0.2) is 6.04 Å². The molecule has 1 unspecified atom stereocenters. The van der Waals surface area contributed by atoms with Crippen molar-refractivity contribution in [1.29, 1.82) is 0 Å². The largest absolute Gasteiger partial charge is 0.328 e. The van der Waals surface area contributed by atoms with Gasteiger partial charge in [0, 0.05) is 11.1 Å². The molecule has 1 nitrogen and oxygen atoms in total. The summed E-state index contributed by atoms with van der Waals surface area (Å²) in [6.07, 6.45) is 4.40. The maximum atomic E-state index is 5.97. The van der Waals surface area contributed by atoms with Crippen molar-refractivity contribution in [1.82, 2.24) is 0 Å². The highest BCUT2D eigenvalue weighted by molar-refractivity contribution is 6.31. The van der Waals surface area contributed by atoms with E-state index >= 15 is 0 Å². The first kappa shape index (κ1) is 12.5. The van der Waals surface area contributed by atoms with Crippen LogP contribution in [0.4, 0.5) is 0 Å². The van der Waals surface area contributed by atoms with Crippen LogP contribution >= 0.6 is 11.6 Å². The lowest BCUT2D eigenvalue weighted by Crippen LogP contribution is -2.20. The van der Waals surface area contributed by atoms with Crippen molar-refractivity contribution < 1.29 is 0 Å². The summed E-state index contributed by atoms with van der Waals surface area (Å²) in [6.45, 7) is 4.21. The molecule has 0 aliphatic heterocycles. The van der Waals surface area contributed by atoms with Crippen LogP contribution in [0.2, 0.25) is 5.02 Å². The average Bonchev–Trinajstić information content (AvgIpc) is 2.20. The van der Waals surface area contributed by atoms with Gasteiger partial charge in [0.1, 0.15) is 0 Å². The van der Waals surface area contributed by atoms with Crippen LogP contribution in [0.5, 0.6) is 0 Å². The van der Waals surface area contributed by atoms with Gasteiger partial charge in [0.2, 0.25) is 0 Å². The topological polar surface area (TPSA) is 26.0 Å². The molecule has 0 amide bonds. The van der Waals surface area contributed by atoms with Gasteiger partial charge in [-0.2, -0.15) is 0 Å². The fourth-order valence-corrected chi connectivity index (χ4v) is 1.85. The average molecular weight is 226 g/mol. The molecule has 2 heteroatoms. The van der Waals surface area contributed by atoms with Crippen LogP contribution in [0.1, 0.15) is 37.3 Å². The first-order valence-electron chi connectivity index (χ1n) is 5.64. The molecule has 0 saturated heterocycles. The van der Waals surface area contributed by atoms with Gasteiger partial charge in [-0.3, -0.25) is 0 Å². The Labute approximate surface area is 97.6 Å². The lowest BCUT2D eigenvalue weighted by atomic mass is 10.0. The minimum absolute atomic E-state index is 0.339. The zero-order valence-corrected chi connectivity index (χ0v) is 10.3. The second-order valence-electron chi connectivity index (χ2n) is 4.17. The maximum absolute atomic E-state index is 5.97. The van der Waals surface area contributed by atoms with E-state index in [-0.39, 0.29) is 0 Å². The Balaban J connectivity index is 2.47. The Morgan fingerprint density at radius 3 is 2.67 bits per heavy atom. The highest BCUT2D eigenvalue weighted by Gasteiger charge is 2.03. The molecule has 0 aromatic heterocycles. The smallest absolute Gasteiger partial charge is 0.0435 e. The van der Waals surface area contributed by atoms with Crippen molar-refractivity contribution in [3.05, 3.63) is 34.3 Å². The summed E-state index contributed by atoms with van der Waals surface area (Å²) < 4.78 is 0. The Hall–Kier alpha value is -0.530. The van der Waals surface area contributed by atoms with Crippen LogP contribution in [0.25, 0.3) is 0 Å². The van der Waals surface area contributed by atoms with Crippen molar-refractivity contribution in [2.45, 2.75) is 45.6 Å². The summed E-state index contributed by atoms with van der Waals surface area (Å²) in [5.41, 5.74) is 8.46. The maximum Gasteiger partial charge on any atom is 0.0435 e. The standard InChI is InChI=1S/C13H20ClN/c1-3-4-12(15)7-5-11-6-8-13(14)10(2)9-11/h6,8-9,12H,3-5,7,15H2,1-2H3. The Morgan fingerprint density at radius 1 is 1.33 bits per heavy atom. The predicted octanol–water partition coefficient (Wildman–Crippen LogP) is 3.71. The molecule has 0 aliphatic rings. The molecule has 1 aromatic rings. The fraction of sp³-hybridized carbons (Fsp3) is 0.538. The zero-order chi connectivity index (χ0) is 11.3. The molecule has 0 bridgehead atoms. The summed E-state index contributed by atoms with van der Waals surface area (Å²) >= 11 is 5.97. The van der Waals surface area contributed by atoms with Crippen LogP contribution in [0, 0.1) is 6.92 Å². The highest BCUT2D eigenvalue weighted by atomic mass is 35.5. The number of hydrogen-bond acceptors (Lipinski definition) is 1. The zero-order valence-electron chi connectivity index (χ0n) is 9.59. The van der Waals surface area contributed by atoms with Gasteiger partial charge in [-0.1, -0.05) is 37.1 Å². The molecule has 0 spiro atoms. The Morgan fingerprint density at radius 2 is 2.07 bits per heavy atom. The highest BCUT2D eigenvalue weighted by Crippen LogP contribution is 2.17. The number of nitrogens with two attached hydrogens (primary N) is 1. The van der Waals surface area contributed by atoms with Gasteiger partial charge in [-0.25, -0.2) is 0 Å². The Bertz CT molecular complexity index is 309. The molecular formula is C13H20ClN. The SMILES string of the molecule is CCCC(N)CCc1ccc(Cl)c(C)c1.